The van der Waals surface area contributed by atoms with Crippen LogP contribution in [-0.2, 0) is 0 Å². The first-order valence-electron chi connectivity index (χ1n) is 6.07. The van der Waals surface area contributed by atoms with Gasteiger partial charge in [0.25, 0.3) is 0 Å². The lowest BCUT2D eigenvalue weighted by atomic mass is 10.2. The molecule has 0 bridgehead atoms. The number of benzene rings is 1. The maximum Gasteiger partial charge on any atom is 0.143 e. The van der Waals surface area contributed by atoms with E-state index in [0.29, 0.717) is 0 Å². The molecule has 0 aliphatic carbocycles. The maximum absolute atomic E-state index is 4.30. The fraction of sp³-hybridized carbons (Fsp3) is 0.0714. The SMILES string of the molecule is CNc1cc2ncnc(Nc3cccc(Br)c3)c2cn1. The standard InChI is InChI=1S/C14H12BrN5/c1-16-13-6-12-11(7-17-13)14(19-8-18-12)20-10-4-2-3-9(15)5-10/h2-8H,1H3,(H,16,17)(H,18,19,20). The van der Waals surface area contributed by atoms with E-state index in [-0.39, 0.29) is 0 Å². The highest BCUT2D eigenvalue weighted by atomic mass is 79.9. The van der Waals surface area contributed by atoms with E-state index < -0.39 is 0 Å². The van der Waals surface area contributed by atoms with Crippen molar-refractivity contribution in [2.75, 3.05) is 17.7 Å². The fourth-order valence-corrected chi connectivity index (χ4v) is 2.29. The van der Waals surface area contributed by atoms with Gasteiger partial charge in [-0.15, -0.1) is 0 Å². The Hall–Kier alpha value is -2.21. The van der Waals surface area contributed by atoms with Crippen LogP contribution in [-0.4, -0.2) is 22.0 Å². The first kappa shape index (κ1) is 12.8. The van der Waals surface area contributed by atoms with Gasteiger partial charge in [0.1, 0.15) is 18.0 Å². The molecule has 100 valence electrons. The average molecular weight is 330 g/mol. The minimum Gasteiger partial charge on any atom is -0.373 e. The van der Waals surface area contributed by atoms with Crippen molar-refractivity contribution in [3.63, 3.8) is 0 Å². The Labute approximate surface area is 124 Å². The van der Waals surface area contributed by atoms with Crippen molar-refractivity contribution < 1.29 is 0 Å². The van der Waals surface area contributed by atoms with Crippen molar-refractivity contribution in [1.29, 1.82) is 0 Å². The fourth-order valence-electron chi connectivity index (χ4n) is 1.89. The molecule has 0 spiro atoms. The summed E-state index contributed by atoms with van der Waals surface area (Å²) < 4.78 is 1.01. The van der Waals surface area contributed by atoms with E-state index in [0.717, 1.165) is 32.7 Å². The van der Waals surface area contributed by atoms with Crippen LogP contribution in [0.5, 0.6) is 0 Å². The zero-order chi connectivity index (χ0) is 13.9. The second-order valence-electron chi connectivity index (χ2n) is 4.19. The Morgan fingerprint density at radius 2 is 2.00 bits per heavy atom. The Morgan fingerprint density at radius 1 is 1.10 bits per heavy atom. The summed E-state index contributed by atoms with van der Waals surface area (Å²) in [7, 11) is 1.83. The van der Waals surface area contributed by atoms with Crippen LogP contribution in [0.1, 0.15) is 0 Å². The van der Waals surface area contributed by atoms with Gasteiger partial charge in [0.05, 0.1) is 10.9 Å². The lowest BCUT2D eigenvalue weighted by Crippen LogP contribution is -1.98. The maximum atomic E-state index is 4.30. The summed E-state index contributed by atoms with van der Waals surface area (Å²) in [6.45, 7) is 0. The van der Waals surface area contributed by atoms with Crippen molar-refractivity contribution in [2.45, 2.75) is 0 Å². The van der Waals surface area contributed by atoms with Crippen LogP contribution < -0.4 is 10.6 Å². The minimum atomic E-state index is 0.739. The molecule has 0 aliphatic rings. The Morgan fingerprint density at radius 3 is 2.80 bits per heavy atom. The molecule has 3 aromatic rings. The molecule has 5 nitrogen and oxygen atoms in total. The number of hydrogen-bond acceptors (Lipinski definition) is 5. The van der Waals surface area contributed by atoms with Gasteiger partial charge in [-0.2, -0.15) is 0 Å². The number of aromatic nitrogens is 3. The molecule has 0 aliphatic heterocycles. The number of hydrogen-bond donors (Lipinski definition) is 2. The molecule has 6 heteroatoms. The van der Waals surface area contributed by atoms with Crippen molar-refractivity contribution in [3.8, 4) is 0 Å². The summed E-state index contributed by atoms with van der Waals surface area (Å²) in [5.41, 5.74) is 1.80. The summed E-state index contributed by atoms with van der Waals surface area (Å²) in [4.78, 5) is 12.9. The molecule has 0 amide bonds. The molecule has 0 unspecified atom stereocenters. The van der Waals surface area contributed by atoms with Gasteiger partial charge in [-0.1, -0.05) is 22.0 Å². The topological polar surface area (TPSA) is 62.7 Å². The largest absolute Gasteiger partial charge is 0.373 e. The zero-order valence-electron chi connectivity index (χ0n) is 10.8. The molecule has 0 radical (unpaired) electrons. The molecule has 0 fully saturated rings. The lowest BCUT2D eigenvalue weighted by molar-refractivity contribution is 1.20. The Kier molecular flexibility index (Phi) is 3.47. The molecular weight excluding hydrogens is 318 g/mol. The Balaban J connectivity index is 2.03. The summed E-state index contributed by atoms with van der Waals surface area (Å²) in [5.74, 6) is 1.52. The summed E-state index contributed by atoms with van der Waals surface area (Å²) in [6.07, 6.45) is 3.31. The summed E-state index contributed by atoms with van der Waals surface area (Å²) in [5, 5.41) is 7.16. The average Bonchev–Trinajstić information content (AvgIpc) is 2.47. The van der Waals surface area contributed by atoms with Crippen LogP contribution in [0.3, 0.4) is 0 Å². The minimum absolute atomic E-state index is 0.739. The van der Waals surface area contributed by atoms with Crippen molar-refractivity contribution in [2.24, 2.45) is 0 Å². The van der Waals surface area contributed by atoms with E-state index in [1.807, 2.05) is 37.4 Å². The highest BCUT2D eigenvalue weighted by molar-refractivity contribution is 9.10. The van der Waals surface area contributed by atoms with E-state index in [9.17, 15) is 0 Å². The Bertz CT molecular complexity index is 759. The molecule has 2 heterocycles. The van der Waals surface area contributed by atoms with E-state index in [1.54, 1.807) is 12.5 Å². The van der Waals surface area contributed by atoms with Gasteiger partial charge in [-0.05, 0) is 18.2 Å². The third kappa shape index (κ3) is 2.55. The number of halogens is 1. The molecule has 20 heavy (non-hydrogen) atoms. The third-order valence-corrected chi connectivity index (χ3v) is 3.36. The quantitative estimate of drug-likeness (QED) is 0.769. The number of fused-ring (bicyclic) bond motifs is 1. The van der Waals surface area contributed by atoms with Crippen molar-refractivity contribution in [1.82, 2.24) is 15.0 Å². The van der Waals surface area contributed by atoms with Gasteiger partial charge in [0.15, 0.2) is 0 Å². The molecule has 2 aromatic heterocycles. The molecule has 0 saturated carbocycles. The van der Waals surface area contributed by atoms with Gasteiger partial charge >= 0.3 is 0 Å². The smallest absolute Gasteiger partial charge is 0.143 e. The van der Waals surface area contributed by atoms with E-state index >= 15 is 0 Å². The van der Waals surface area contributed by atoms with Crippen LogP contribution in [0.2, 0.25) is 0 Å². The predicted octanol–water partition coefficient (Wildman–Crippen LogP) is 3.57. The second-order valence-corrected chi connectivity index (χ2v) is 5.11. The number of rotatable bonds is 3. The first-order valence-corrected chi connectivity index (χ1v) is 6.86. The van der Waals surface area contributed by atoms with E-state index in [4.69, 9.17) is 0 Å². The van der Waals surface area contributed by atoms with Gasteiger partial charge in [-0.25, -0.2) is 15.0 Å². The summed E-state index contributed by atoms with van der Waals surface area (Å²) in [6, 6.07) is 9.80. The van der Waals surface area contributed by atoms with Crippen LogP contribution >= 0.6 is 15.9 Å². The second kappa shape index (κ2) is 5.42. The molecule has 0 atom stereocenters. The number of anilines is 3. The predicted molar refractivity (Wildman–Crippen MR) is 84.3 cm³/mol. The third-order valence-electron chi connectivity index (χ3n) is 2.86. The van der Waals surface area contributed by atoms with E-state index in [2.05, 4.69) is 41.5 Å². The molecule has 3 rings (SSSR count). The van der Waals surface area contributed by atoms with Crippen LogP contribution in [0.4, 0.5) is 17.3 Å². The zero-order valence-corrected chi connectivity index (χ0v) is 12.3. The molecule has 1 aromatic carbocycles. The normalized spacial score (nSPS) is 10.5. The van der Waals surface area contributed by atoms with Crippen LogP contribution in [0.25, 0.3) is 10.9 Å². The highest BCUT2D eigenvalue weighted by Crippen LogP contribution is 2.25. The van der Waals surface area contributed by atoms with Crippen molar-refractivity contribution >= 4 is 44.2 Å². The van der Waals surface area contributed by atoms with Gasteiger partial charge < -0.3 is 10.6 Å². The number of nitrogens with one attached hydrogen (secondary N) is 2. The van der Waals surface area contributed by atoms with E-state index in [1.165, 1.54) is 0 Å². The molecular formula is C14H12BrN5. The number of pyridine rings is 1. The van der Waals surface area contributed by atoms with Gasteiger partial charge in [-0.3, -0.25) is 0 Å². The first-order chi connectivity index (χ1) is 9.76. The summed E-state index contributed by atoms with van der Waals surface area (Å²) >= 11 is 3.45. The van der Waals surface area contributed by atoms with Crippen molar-refractivity contribution in [3.05, 3.63) is 47.3 Å². The van der Waals surface area contributed by atoms with Crippen LogP contribution in [0.15, 0.2) is 47.3 Å². The lowest BCUT2D eigenvalue weighted by Gasteiger charge is -2.09. The molecule has 0 saturated heterocycles. The highest BCUT2D eigenvalue weighted by Gasteiger charge is 2.05. The number of nitrogens with zero attached hydrogens (tertiary/aromatic N) is 3. The monoisotopic (exact) mass is 329 g/mol. The van der Waals surface area contributed by atoms with Crippen LogP contribution in [0, 0.1) is 0 Å². The van der Waals surface area contributed by atoms with Gasteiger partial charge in [0, 0.05) is 29.5 Å². The molecule has 2 N–H and O–H groups in total. The van der Waals surface area contributed by atoms with Gasteiger partial charge in [0.2, 0.25) is 0 Å².